The Morgan fingerprint density at radius 2 is 1.71 bits per heavy atom. The summed E-state index contributed by atoms with van der Waals surface area (Å²) in [6, 6.07) is -0.772. The van der Waals surface area contributed by atoms with Gasteiger partial charge in [0.25, 0.3) is 0 Å². The van der Waals surface area contributed by atoms with Gasteiger partial charge in [-0.2, -0.15) is 0 Å². The molecule has 0 aliphatic carbocycles. The summed E-state index contributed by atoms with van der Waals surface area (Å²) in [5.74, 6) is -1.13. The minimum absolute atomic E-state index is 0. The average Bonchev–Trinajstić information content (AvgIpc) is 2.10. The summed E-state index contributed by atoms with van der Waals surface area (Å²) in [4.78, 5) is 10.2. The van der Waals surface area contributed by atoms with E-state index in [4.69, 9.17) is 5.73 Å². The molecule has 2 N–H and O–H groups in total. The van der Waals surface area contributed by atoms with Gasteiger partial charge in [-0.15, -0.1) is 0 Å². The number of hydrogen-bond donors (Lipinski definition) is 1. The number of nitrogens with two attached hydrogens (primary N) is 1. The van der Waals surface area contributed by atoms with Gasteiger partial charge < -0.3 is 15.6 Å². The zero-order chi connectivity index (χ0) is 10.1. The molecule has 1 unspecified atom stereocenters. The van der Waals surface area contributed by atoms with Gasteiger partial charge in [-0.3, -0.25) is 0 Å². The van der Waals surface area contributed by atoms with Crippen molar-refractivity contribution in [2.24, 2.45) is 5.73 Å². The average molecular weight is 209 g/mol. The minimum Gasteiger partial charge on any atom is -0.548 e. The molecule has 0 fully saturated rings. The number of aliphatic carboxylic acids is 1. The minimum atomic E-state index is -1.13. The van der Waals surface area contributed by atoms with Crippen molar-refractivity contribution in [1.29, 1.82) is 0 Å². The molecule has 0 spiro atoms. The summed E-state index contributed by atoms with van der Waals surface area (Å²) in [7, 11) is 0. The van der Waals surface area contributed by atoms with Crippen molar-refractivity contribution in [2.75, 3.05) is 0 Å². The van der Waals surface area contributed by atoms with Crippen LogP contribution in [0.15, 0.2) is 0 Å². The summed E-state index contributed by atoms with van der Waals surface area (Å²) >= 11 is 0. The molecule has 0 aliphatic heterocycles. The number of unbranched alkanes of at least 4 members (excludes halogenated alkanes) is 5. The quantitative estimate of drug-likeness (QED) is 0.365. The van der Waals surface area contributed by atoms with Crippen LogP contribution in [-0.2, 0) is 4.79 Å². The molecule has 0 heterocycles. The Labute approximate surface area is 109 Å². The molecule has 3 nitrogen and oxygen atoms in total. The van der Waals surface area contributed by atoms with E-state index in [2.05, 4.69) is 6.92 Å². The maximum absolute atomic E-state index is 10.2. The van der Waals surface area contributed by atoms with Crippen LogP contribution in [0.2, 0.25) is 0 Å². The van der Waals surface area contributed by atoms with Crippen molar-refractivity contribution < 1.29 is 39.5 Å². The van der Waals surface area contributed by atoms with E-state index in [-0.39, 0.29) is 29.6 Å². The number of carboxylic acids is 1. The second kappa shape index (κ2) is 11.5. The van der Waals surface area contributed by atoms with Gasteiger partial charge in [0.1, 0.15) is 0 Å². The van der Waals surface area contributed by atoms with Gasteiger partial charge in [0.05, 0.1) is 5.97 Å². The van der Waals surface area contributed by atoms with Crippen LogP contribution in [0.25, 0.3) is 0 Å². The zero-order valence-corrected chi connectivity index (χ0v) is 11.4. The van der Waals surface area contributed by atoms with Crippen molar-refractivity contribution in [2.45, 2.75) is 57.9 Å². The molecule has 78 valence electrons. The van der Waals surface area contributed by atoms with Crippen molar-refractivity contribution in [3.05, 3.63) is 0 Å². The first-order chi connectivity index (χ1) is 6.18. The Morgan fingerprint density at radius 1 is 1.21 bits per heavy atom. The van der Waals surface area contributed by atoms with Crippen molar-refractivity contribution in [3.63, 3.8) is 0 Å². The van der Waals surface area contributed by atoms with E-state index in [1.165, 1.54) is 25.7 Å². The van der Waals surface area contributed by atoms with Gasteiger partial charge in [-0.1, -0.05) is 45.4 Å². The summed E-state index contributed by atoms with van der Waals surface area (Å²) in [6.45, 7) is 2.17. The Balaban J connectivity index is 0. The summed E-state index contributed by atoms with van der Waals surface area (Å²) in [6.07, 6.45) is 7.48. The third-order valence-corrected chi connectivity index (χ3v) is 2.17. The molecule has 0 amide bonds. The third-order valence-electron chi connectivity index (χ3n) is 2.17. The number of carboxylic acid groups (broad SMARTS) is 1. The Morgan fingerprint density at radius 3 is 2.21 bits per heavy atom. The molecule has 0 radical (unpaired) electrons. The number of carbonyl (C=O) groups is 1. The van der Waals surface area contributed by atoms with Gasteiger partial charge in [0, 0.05) is 6.04 Å². The van der Waals surface area contributed by atoms with Gasteiger partial charge >= 0.3 is 29.6 Å². The topological polar surface area (TPSA) is 66.2 Å². The van der Waals surface area contributed by atoms with E-state index in [9.17, 15) is 9.90 Å². The van der Waals surface area contributed by atoms with Crippen LogP contribution in [0.1, 0.15) is 51.9 Å². The zero-order valence-electron chi connectivity index (χ0n) is 9.42. The van der Waals surface area contributed by atoms with Crippen molar-refractivity contribution in [3.8, 4) is 0 Å². The molecule has 0 saturated carbocycles. The monoisotopic (exact) mass is 209 g/mol. The normalized spacial score (nSPS) is 11.9. The second-order valence-corrected chi connectivity index (χ2v) is 3.48. The first kappa shape index (κ1) is 16.8. The molecule has 0 aromatic carbocycles. The molecule has 0 aromatic rings. The number of rotatable bonds is 8. The molecular formula is C10H20NNaO2. The van der Waals surface area contributed by atoms with Crippen molar-refractivity contribution in [1.82, 2.24) is 0 Å². The first-order valence-corrected chi connectivity index (χ1v) is 5.15. The summed E-state index contributed by atoms with van der Waals surface area (Å²) < 4.78 is 0. The van der Waals surface area contributed by atoms with E-state index in [0.29, 0.717) is 6.42 Å². The van der Waals surface area contributed by atoms with E-state index >= 15 is 0 Å². The maximum Gasteiger partial charge on any atom is 1.00 e. The smallest absolute Gasteiger partial charge is 0.548 e. The Hall–Kier alpha value is 0.430. The van der Waals surface area contributed by atoms with Crippen LogP contribution in [0.3, 0.4) is 0 Å². The van der Waals surface area contributed by atoms with Gasteiger partial charge in [0.2, 0.25) is 0 Å². The van der Waals surface area contributed by atoms with Crippen LogP contribution in [0.5, 0.6) is 0 Å². The van der Waals surface area contributed by atoms with Crippen LogP contribution in [-0.4, -0.2) is 12.0 Å². The second-order valence-electron chi connectivity index (χ2n) is 3.48. The van der Waals surface area contributed by atoms with E-state index < -0.39 is 12.0 Å². The fourth-order valence-corrected chi connectivity index (χ4v) is 1.26. The SMILES string of the molecule is CCCCCCCCC(N)C(=O)[O-].[Na+]. The molecule has 0 aliphatic rings. The van der Waals surface area contributed by atoms with Gasteiger partial charge in [0.15, 0.2) is 0 Å². The molecule has 1 atom stereocenters. The maximum atomic E-state index is 10.2. The van der Waals surface area contributed by atoms with Crippen LogP contribution < -0.4 is 40.4 Å². The molecule has 0 rings (SSSR count). The third kappa shape index (κ3) is 10.5. The van der Waals surface area contributed by atoms with Crippen LogP contribution in [0.4, 0.5) is 0 Å². The molecule has 0 bridgehead atoms. The van der Waals surface area contributed by atoms with E-state index in [0.717, 1.165) is 12.8 Å². The van der Waals surface area contributed by atoms with E-state index in [1.54, 1.807) is 0 Å². The molecular weight excluding hydrogens is 189 g/mol. The molecule has 14 heavy (non-hydrogen) atoms. The van der Waals surface area contributed by atoms with Crippen LogP contribution >= 0.6 is 0 Å². The fourth-order valence-electron chi connectivity index (χ4n) is 1.26. The Bertz CT molecular complexity index is 142. The fraction of sp³-hybridized carbons (Fsp3) is 0.900. The van der Waals surface area contributed by atoms with Crippen LogP contribution in [0, 0.1) is 0 Å². The molecule has 0 aromatic heterocycles. The van der Waals surface area contributed by atoms with E-state index in [1.807, 2.05) is 0 Å². The molecule has 4 heteroatoms. The Kier molecular flexibility index (Phi) is 13.8. The summed E-state index contributed by atoms with van der Waals surface area (Å²) in [5, 5.41) is 10.2. The predicted octanol–water partition coefficient (Wildman–Crippen LogP) is -2.18. The number of carbonyl (C=O) groups excluding carboxylic acids is 1. The van der Waals surface area contributed by atoms with Gasteiger partial charge in [-0.05, 0) is 6.42 Å². The largest absolute Gasteiger partial charge is 1.00 e. The van der Waals surface area contributed by atoms with Crippen molar-refractivity contribution >= 4 is 5.97 Å². The van der Waals surface area contributed by atoms with Gasteiger partial charge in [-0.25, -0.2) is 0 Å². The predicted molar refractivity (Wildman–Crippen MR) is 51.0 cm³/mol. The summed E-state index contributed by atoms with van der Waals surface area (Å²) in [5.41, 5.74) is 5.30. The molecule has 0 saturated heterocycles. The standard InChI is InChI=1S/C10H21NO2.Na/c1-2-3-4-5-6-7-8-9(11)10(12)13;/h9H,2-8,11H2,1H3,(H,12,13);/q;+1/p-1. The first-order valence-electron chi connectivity index (χ1n) is 5.15. The number of hydrogen-bond acceptors (Lipinski definition) is 3.